The topological polar surface area (TPSA) is 92.9 Å². The lowest BCUT2D eigenvalue weighted by Gasteiger charge is -2.32. The molecular weight excluding hydrogens is 272 g/mol. The fourth-order valence-electron chi connectivity index (χ4n) is 2.30. The lowest BCUT2D eigenvalue weighted by atomic mass is 10.0. The van der Waals surface area contributed by atoms with Crippen molar-refractivity contribution in [2.75, 3.05) is 6.61 Å². The third-order valence-corrected chi connectivity index (χ3v) is 3.32. The Morgan fingerprint density at radius 3 is 2.71 bits per heavy atom. The van der Waals surface area contributed by atoms with Gasteiger partial charge in [0.15, 0.2) is 0 Å². The molecule has 1 heterocycles. The molecule has 0 spiro atoms. The molecule has 6 heteroatoms. The molecule has 1 unspecified atom stereocenters. The summed E-state index contributed by atoms with van der Waals surface area (Å²) in [6, 6.07) is 8.58. The molecule has 0 aromatic heterocycles. The van der Waals surface area contributed by atoms with Crippen LogP contribution in [0.5, 0.6) is 0 Å². The molecule has 6 nitrogen and oxygen atoms in total. The van der Waals surface area contributed by atoms with Crippen LogP contribution < -0.4 is 5.73 Å². The smallest absolute Gasteiger partial charge is 0.249 e. The molecule has 21 heavy (non-hydrogen) atoms. The molecule has 3 N–H and O–H groups in total. The standard InChI is InChI=1S/C15H19N2O4/c16-15(20)13-7-4-8-21-17(13)14(19)10-12(18)9-11-5-2-1-3-6-11/h1-3,5-6,13,18H,4,7-10H2,(H2,16,20). The van der Waals surface area contributed by atoms with Gasteiger partial charge < -0.3 is 10.8 Å². The van der Waals surface area contributed by atoms with E-state index in [0.29, 0.717) is 25.9 Å². The third-order valence-electron chi connectivity index (χ3n) is 3.32. The van der Waals surface area contributed by atoms with Crippen molar-refractivity contribution in [1.29, 1.82) is 0 Å². The van der Waals surface area contributed by atoms with Crippen LogP contribution in [-0.2, 0) is 20.8 Å². The first kappa shape index (κ1) is 15.5. The highest BCUT2D eigenvalue weighted by Gasteiger charge is 2.33. The van der Waals surface area contributed by atoms with Crippen molar-refractivity contribution in [3.05, 3.63) is 42.0 Å². The number of hydrogen-bond donors (Lipinski definition) is 2. The van der Waals surface area contributed by atoms with Gasteiger partial charge in [-0.25, -0.2) is 5.06 Å². The molecule has 1 aliphatic heterocycles. The van der Waals surface area contributed by atoms with Crippen LogP contribution in [0, 0.1) is 6.10 Å². The summed E-state index contributed by atoms with van der Waals surface area (Å²) in [6.07, 6.45) is 1.31. The van der Waals surface area contributed by atoms with E-state index >= 15 is 0 Å². The summed E-state index contributed by atoms with van der Waals surface area (Å²) in [7, 11) is 0. The first-order valence-electron chi connectivity index (χ1n) is 6.90. The van der Waals surface area contributed by atoms with E-state index in [1.165, 1.54) is 0 Å². The van der Waals surface area contributed by atoms with Crippen LogP contribution >= 0.6 is 0 Å². The average molecular weight is 291 g/mol. The van der Waals surface area contributed by atoms with Crippen molar-refractivity contribution >= 4 is 11.8 Å². The van der Waals surface area contributed by atoms with Gasteiger partial charge in [0.1, 0.15) is 12.1 Å². The SMILES string of the molecule is NC(=O)C1CCCON1C(=O)C[C](O)Cc1ccccc1. The first-order valence-corrected chi connectivity index (χ1v) is 6.90. The molecular formula is C15H19N2O4. The molecule has 1 radical (unpaired) electrons. The Labute approximate surface area is 123 Å². The highest BCUT2D eigenvalue weighted by molar-refractivity contribution is 5.86. The Hall–Kier alpha value is -1.92. The Kier molecular flexibility index (Phi) is 5.30. The van der Waals surface area contributed by atoms with Gasteiger partial charge in [-0.1, -0.05) is 30.3 Å². The third kappa shape index (κ3) is 4.27. The molecule has 1 fully saturated rings. The summed E-state index contributed by atoms with van der Waals surface area (Å²) in [6.45, 7) is 0.370. The number of primary amides is 1. The number of carbonyl (C=O) groups excluding carboxylic acids is 2. The Bertz CT molecular complexity index is 492. The summed E-state index contributed by atoms with van der Waals surface area (Å²) in [5.74, 6) is -1.04. The van der Waals surface area contributed by atoms with Gasteiger partial charge in [0.25, 0.3) is 0 Å². The van der Waals surface area contributed by atoms with Gasteiger partial charge in [-0.2, -0.15) is 0 Å². The van der Waals surface area contributed by atoms with E-state index in [1.807, 2.05) is 30.3 Å². The largest absolute Gasteiger partial charge is 0.386 e. The molecule has 2 rings (SSSR count). The van der Waals surface area contributed by atoms with E-state index in [9.17, 15) is 14.7 Å². The minimum Gasteiger partial charge on any atom is -0.386 e. The van der Waals surface area contributed by atoms with Crippen LogP contribution in [-0.4, -0.2) is 34.6 Å². The number of hydrogen-bond acceptors (Lipinski definition) is 4. The van der Waals surface area contributed by atoms with Gasteiger partial charge in [0.2, 0.25) is 11.8 Å². The Morgan fingerprint density at radius 1 is 1.33 bits per heavy atom. The van der Waals surface area contributed by atoms with Crippen molar-refractivity contribution in [3.63, 3.8) is 0 Å². The van der Waals surface area contributed by atoms with Gasteiger partial charge in [-0.05, 0) is 18.4 Å². The number of hydroxylamine groups is 2. The van der Waals surface area contributed by atoms with Crippen molar-refractivity contribution in [2.45, 2.75) is 31.7 Å². The first-order chi connectivity index (χ1) is 10.1. The summed E-state index contributed by atoms with van der Waals surface area (Å²) in [5, 5.41) is 10.9. The number of nitrogens with zero attached hydrogens (tertiary/aromatic N) is 1. The van der Waals surface area contributed by atoms with Gasteiger partial charge in [0.05, 0.1) is 13.0 Å². The van der Waals surface area contributed by atoms with E-state index in [1.54, 1.807) is 0 Å². The van der Waals surface area contributed by atoms with E-state index < -0.39 is 17.9 Å². The quantitative estimate of drug-likeness (QED) is 0.844. The molecule has 0 saturated carbocycles. The van der Waals surface area contributed by atoms with E-state index in [0.717, 1.165) is 10.6 Å². The maximum atomic E-state index is 12.1. The number of amides is 2. The highest BCUT2D eigenvalue weighted by Crippen LogP contribution is 2.19. The average Bonchev–Trinajstić information content (AvgIpc) is 2.48. The number of benzene rings is 1. The van der Waals surface area contributed by atoms with Crippen LogP contribution in [0.25, 0.3) is 0 Å². The Balaban J connectivity index is 1.91. The zero-order chi connectivity index (χ0) is 15.2. The minimum atomic E-state index is -0.754. The van der Waals surface area contributed by atoms with Crippen LogP contribution in [0.2, 0.25) is 0 Å². The molecule has 1 atom stereocenters. The van der Waals surface area contributed by atoms with Gasteiger partial charge >= 0.3 is 0 Å². The van der Waals surface area contributed by atoms with Crippen molar-refractivity contribution < 1.29 is 19.5 Å². The van der Waals surface area contributed by atoms with Crippen molar-refractivity contribution in [2.24, 2.45) is 5.73 Å². The second-order valence-corrected chi connectivity index (χ2v) is 5.02. The summed E-state index contributed by atoms with van der Waals surface area (Å²) >= 11 is 0. The van der Waals surface area contributed by atoms with Crippen LogP contribution in [0.1, 0.15) is 24.8 Å². The zero-order valence-corrected chi connectivity index (χ0v) is 11.7. The number of rotatable bonds is 5. The molecule has 1 aromatic carbocycles. The molecule has 2 amide bonds. The lowest BCUT2D eigenvalue weighted by Crippen LogP contribution is -2.50. The Morgan fingerprint density at radius 2 is 2.05 bits per heavy atom. The molecule has 1 aliphatic rings. The maximum absolute atomic E-state index is 12.1. The minimum absolute atomic E-state index is 0.0311. The van der Waals surface area contributed by atoms with Crippen molar-refractivity contribution in [3.8, 4) is 0 Å². The highest BCUT2D eigenvalue weighted by atomic mass is 16.7. The molecule has 113 valence electrons. The number of carbonyl (C=O) groups is 2. The molecule has 1 saturated heterocycles. The van der Waals surface area contributed by atoms with E-state index in [-0.39, 0.29) is 12.5 Å². The summed E-state index contributed by atoms with van der Waals surface area (Å²) in [4.78, 5) is 28.7. The van der Waals surface area contributed by atoms with E-state index in [4.69, 9.17) is 10.6 Å². The fourth-order valence-corrected chi connectivity index (χ4v) is 2.30. The predicted molar refractivity (Wildman–Crippen MR) is 75.0 cm³/mol. The second-order valence-electron chi connectivity index (χ2n) is 5.02. The fraction of sp³-hybridized carbons (Fsp3) is 0.400. The maximum Gasteiger partial charge on any atom is 0.249 e. The summed E-state index contributed by atoms with van der Waals surface area (Å²) in [5.41, 5.74) is 6.18. The normalized spacial score (nSPS) is 18.8. The van der Waals surface area contributed by atoms with Crippen LogP contribution in [0.4, 0.5) is 0 Å². The zero-order valence-electron chi connectivity index (χ0n) is 11.7. The van der Waals surface area contributed by atoms with E-state index in [2.05, 4.69) is 0 Å². The number of aliphatic hydroxyl groups is 1. The predicted octanol–water partition coefficient (Wildman–Crippen LogP) is 0.932. The number of aliphatic hydroxyl groups excluding tert-OH is 1. The van der Waals surface area contributed by atoms with Gasteiger partial charge in [0, 0.05) is 6.42 Å². The second kappa shape index (κ2) is 7.19. The summed E-state index contributed by atoms with van der Waals surface area (Å²) < 4.78 is 0. The molecule has 0 bridgehead atoms. The van der Waals surface area contributed by atoms with Crippen molar-refractivity contribution in [1.82, 2.24) is 5.06 Å². The molecule has 1 aromatic rings. The van der Waals surface area contributed by atoms with Crippen LogP contribution in [0.15, 0.2) is 30.3 Å². The van der Waals surface area contributed by atoms with Gasteiger partial charge in [-0.15, -0.1) is 0 Å². The molecule has 0 aliphatic carbocycles. The monoisotopic (exact) mass is 291 g/mol. The van der Waals surface area contributed by atoms with Crippen LogP contribution in [0.3, 0.4) is 0 Å². The number of nitrogens with two attached hydrogens (primary N) is 1. The lowest BCUT2D eigenvalue weighted by molar-refractivity contribution is -0.214. The van der Waals surface area contributed by atoms with Gasteiger partial charge in [-0.3, -0.25) is 14.4 Å².